The fraction of sp³-hybridized carbons (Fsp3) is 0.636. The summed E-state index contributed by atoms with van der Waals surface area (Å²) in [6.45, 7) is 0.327. The van der Waals surface area contributed by atoms with Crippen LogP contribution < -0.4 is 10.6 Å². The molecule has 1 saturated heterocycles. The summed E-state index contributed by atoms with van der Waals surface area (Å²) in [7, 11) is 0. The summed E-state index contributed by atoms with van der Waals surface area (Å²) in [4.78, 5) is 23.5. The van der Waals surface area contributed by atoms with Crippen molar-refractivity contribution in [3.8, 4) is 0 Å². The van der Waals surface area contributed by atoms with Crippen LogP contribution in [-0.2, 0) is 25.6 Å². The van der Waals surface area contributed by atoms with E-state index >= 15 is 0 Å². The van der Waals surface area contributed by atoms with Crippen LogP contribution in [-0.4, -0.2) is 89.4 Å². The Labute approximate surface area is 192 Å². The molecule has 1 heterocycles. The van der Waals surface area contributed by atoms with Gasteiger partial charge < -0.3 is 45.3 Å². The third-order valence-corrected chi connectivity index (χ3v) is 5.12. The van der Waals surface area contributed by atoms with Gasteiger partial charge in [-0.1, -0.05) is 36.8 Å². The van der Waals surface area contributed by atoms with Crippen LogP contribution in [0.4, 0.5) is 4.79 Å². The maximum atomic E-state index is 11.9. The minimum atomic E-state index is -1.50. The van der Waals surface area contributed by atoms with Crippen molar-refractivity contribution >= 4 is 12.0 Å². The van der Waals surface area contributed by atoms with Gasteiger partial charge in [-0.2, -0.15) is 0 Å². The molecule has 0 bridgehead atoms. The molecule has 0 unspecified atom stereocenters. The summed E-state index contributed by atoms with van der Waals surface area (Å²) >= 11 is 0. The molecule has 0 spiro atoms. The van der Waals surface area contributed by atoms with Gasteiger partial charge in [-0.05, 0) is 18.4 Å². The van der Waals surface area contributed by atoms with Gasteiger partial charge in [-0.15, -0.1) is 0 Å². The molecule has 0 aliphatic carbocycles. The SMILES string of the molecule is O=C(CCCCCNC(=O)OCc1ccccc1)NCCO[C@H]1O[C@H](CO)[C@@H](O)[C@H](O)[C@@H]1O. The number of unbranched alkanes of at least 4 members (excludes halogenated alkanes) is 2. The molecule has 33 heavy (non-hydrogen) atoms. The van der Waals surface area contributed by atoms with Crippen LogP contribution >= 0.6 is 0 Å². The first-order valence-electron chi connectivity index (χ1n) is 11.1. The summed E-state index contributed by atoms with van der Waals surface area (Å²) in [6, 6.07) is 9.39. The maximum Gasteiger partial charge on any atom is 0.407 e. The van der Waals surface area contributed by atoms with Gasteiger partial charge in [0.25, 0.3) is 0 Å². The first-order chi connectivity index (χ1) is 15.9. The number of carbonyl (C=O) groups is 2. The molecular formula is C22H34N2O9. The zero-order valence-electron chi connectivity index (χ0n) is 18.5. The lowest BCUT2D eigenvalue weighted by Crippen LogP contribution is -2.59. The van der Waals surface area contributed by atoms with Crippen LogP contribution in [0.2, 0.25) is 0 Å². The number of alkyl carbamates (subject to hydrolysis) is 1. The van der Waals surface area contributed by atoms with Crippen molar-refractivity contribution in [2.75, 3.05) is 26.3 Å². The summed E-state index contributed by atoms with van der Waals surface area (Å²) in [5, 5.41) is 43.8. The highest BCUT2D eigenvalue weighted by Crippen LogP contribution is 2.21. The molecule has 186 valence electrons. The normalized spacial score (nSPS) is 24.8. The third kappa shape index (κ3) is 9.62. The molecule has 0 saturated carbocycles. The number of aliphatic hydroxyl groups is 4. The van der Waals surface area contributed by atoms with E-state index in [0.29, 0.717) is 25.8 Å². The Morgan fingerprint density at radius 1 is 0.939 bits per heavy atom. The van der Waals surface area contributed by atoms with Crippen molar-refractivity contribution in [3.63, 3.8) is 0 Å². The summed E-state index contributed by atoms with van der Waals surface area (Å²) < 4.78 is 15.6. The van der Waals surface area contributed by atoms with Gasteiger partial charge in [0.15, 0.2) is 6.29 Å². The number of rotatable bonds is 13. The van der Waals surface area contributed by atoms with E-state index in [-0.39, 0.29) is 25.7 Å². The standard InChI is InChI=1S/C22H34N2O9/c25-13-16-18(27)19(28)20(29)21(33-16)31-12-11-23-17(26)9-5-2-6-10-24-22(30)32-14-15-7-3-1-4-8-15/h1,3-4,7-8,16,18-21,25,27-29H,2,5-6,9-14H2,(H,23,26)(H,24,30)/t16-,18-,19+,20+,21+/m1/s1. The number of hydrogen-bond acceptors (Lipinski definition) is 9. The highest BCUT2D eigenvalue weighted by atomic mass is 16.7. The zero-order valence-corrected chi connectivity index (χ0v) is 18.5. The lowest BCUT2D eigenvalue weighted by atomic mass is 9.99. The molecule has 1 aromatic carbocycles. The lowest BCUT2D eigenvalue weighted by Gasteiger charge is -2.39. The molecule has 6 N–H and O–H groups in total. The van der Waals surface area contributed by atoms with Crippen LogP contribution in [0.15, 0.2) is 30.3 Å². The van der Waals surface area contributed by atoms with E-state index < -0.39 is 43.4 Å². The molecule has 5 atom stereocenters. The monoisotopic (exact) mass is 470 g/mol. The zero-order chi connectivity index (χ0) is 24.1. The molecule has 11 nitrogen and oxygen atoms in total. The Morgan fingerprint density at radius 2 is 1.70 bits per heavy atom. The van der Waals surface area contributed by atoms with Crippen LogP contribution in [0.1, 0.15) is 31.2 Å². The van der Waals surface area contributed by atoms with E-state index in [2.05, 4.69) is 10.6 Å². The molecule has 2 rings (SSSR count). The lowest BCUT2D eigenvalue weighted by molar-refractivity contribution is -0.300. The predicted molar refractivity (Wildman–Crippen MR) is 116 cm³/mol. The Bertz CT molecular complexity index is 704. The van der Waals surface area contributed by atoms with Crippen LogP contribution in [0.3, 0.4) is 0 Å². The second-order valence-corrected chi connectivity index (χ2v) is 7.72. The number of hydrogen-bond donors (Lipinski definition) is 6. The van der Waals surface area contributed by atoms with Crippen molar-refractivity contribution in [1.82, 2.24) is 10.6 Å². The minimum Gasteiger partial charge on any atom is -0.445 e. The van der Waals surface area contributed by atoms with Crippen LogP contribution in [0.25, 0.3) is 0 Å². The molecule has 11 heteroatoms. The number of ether oxygens (including phenoxy) is 3. The van der Waals surface area contributed by atoms with E-state index in [1.807, 2.05) is 30.3 Å². The smallest absolute Gasteiger partial charge is 0.407 e. The highest BCUT2D eigenvalue weighted by molar-refractivity contribution is 5.75. The van der Waals surface area contributed by atoms with Crippen molar-refractivity contribution in [1.29, 1.82) is 0 Å². The molecule has 1 aromatic rings. The van der Waals surface area contributed by atoms with Crippen LogP contribution in [0.5, 0.6) is 0 Å². The number of nitrogens with one attached hydrogen (secondary N) is 2. The quantitative estimate of drug-likeness (QED) is 0.206. The van der Waals surface area contributed by atoms with Gasteiger partial charge in [-0.25, -0.2) is 4.79 Å². The third-order valence-electron chi connectivity index (χ3n) is 5.12. The van der Waals surface area contributed by atoms with Gasteiger partial charge in [0.05, 0.1) is 13.2 Å². The second kappa shape index (κ2) is 14.8. The van der Waals surface area contributed by atoms with Crippen molar-refractivity contribution in [2.24, 2.45) is 0 Å². The average molecular weight is 471 g/mol. The summed E-state index contributed by atoms with van der Waals surface area (Å²) in [6.07, 6.45) is -4.71. The van der Waals surface area contributed by atoms with Gasteiger partial charge in [0.2, 0.25) is 5.91 Å². The van der Waals surface area contributed by atoms with E-state index in [1.54, 1.807) is 0 Å². The first-order valence-corrected chi connectivity index (χ1v) is 11.1. The molecule has 1 aliphatic heterocycles. The summed E-state index contributed by atoms with van der Waals surface area (Å²) in [5.74, 6) is -0.164. The van der Waals surface area contributed by atoms with Gasteiger partial charge in [0, 0.05) is 19.5 Å². The summed E-state index contributed by atoms with van der Waals surface area (Å²) in [5.41, 5.74) is 0.914. The largest absolute Gasteiger partial charge is 0.445 e. The Balaban J connectivity index is 1.46. The van der Waals surface area contributed by atoms with E-state index in [1.165, 1.54) is 0 Å². The van der Waals surface area contributed by atoms with E-state index in [4.69, 9.17) is 19.3 Å². The second-order valence-electron chi connectivity index (χ2n) is 7.72. The maximum absolute atomic E-state index is 11.9. The van der Waals surface area contributed by atoms with Gasteiger partial charge in [-0.3, -0.25) is 4.79 Å². The van der Waals surface area contributed by atoms with Crippen molar-refractivity contribution < 1.29 is 44.2 Å². The van der Waals surface area contributed by atoms with Gasteiger partial charge >= 0.3 is 6.09 Å². The molecule has 2 amide bonds. The Morgan fingerprint density at radius 3 is 2.42 bits per heavy atom. The number of aliphatic hydroxyl groups excluding tert-OH is 4. The van der Waals surface area contributed by atoms with E-state index in [0.717, 1.165) is 12.0 Å². The topological polar surface area (TPSA) is 167 Å². The Kier molecular flexibility index (Phi) is 12.1. The first kappa shape index (κ1) is 27.0. The fourth-order valence-electron chi connectivity index (χ4n) is 3.21. The number of amides is 2. The average Bonchev–Trinajstić information content (AvgIpc) is 2.83. The van der Waals surface area contributed by atoms with Crippen LogP contribution in [0, 0.1) is 0 Å². The van der Waals surface area contributed by atoms with Crippen molar-refractivity contribution in [3.05, 3.63) is 35.9 Å². The minimum absolute atomic E-state index is 0.0173. The van der Waals surface area contributed by atoms with Crippen molar-refractivity contribution in [2.45, 2.75) is 63.0 Å². The Hall–Kier alpha value is -2.28. The molecule has 0 aromatic heterocycles. The predicted octanol–water partition coefficient (Wildman–Crippen LogP) is -0.594. The van der Waals surface area contributed by atoms with Gasteiger partial charge in [0.1, 0.15) is 31.0 Å². The number of carbonyl (C=O) groups excluding carboxylic acids is 2. The molecule has 0 radical (unpaired) electrons. The molecular weight excluding hydrogens is 436 g/mol. The van der Waals surface area contributed by atoms with E-state index in [9.17, 15) is 24.9 Å². The molecule has 1 fully saturated rings. The fourth-order valence-corrected chi connectivity index (χ4v) is 3.21. The molecule has 1 aliphatic rings. The number of benzene rings is 1. The highest BCUT2D eigenvalue weighted by Gasteiger charge is 2.43.